The van der Waals surface area contributed by atoms with E-state index in [0.717, 1.165) is 37.8 Å². The van der Waals surface area contributed by atoms with Crippen LogP contribution in [0.4, 0.5) is 5.69 Å². The van der Waals surface area contributed by atoms with Crippen LogP contribution >= 0.6 is 11.6 Å². The van der Waals surface area contributed by atoms with Crippen LogP contribution < -0.4 is 14.4 Å². The molecule has 10 heteroatoms. The van der Waals surface area contributed by atoms with Crippen LogP contribution in [-0.4, -0.2) is 63.7 Å². The van der Waals surface area contributed by atoms with Gasteiger partial charge in [0.15, 0.2) is 0 Å². The number of fused-ring (bicyclic) bond motifs is 4. The number of benzene rings is 2. The summed E-state index contributed by atoms with van der Waals surface area (Å²) in [5, 5.41) is 12.0. The van der Waals surface area contributed by atoms with Gasteiger partial charge in [-0.25, -0.2) is 13.1 Å². The Morgan fingerprint density at radius 3 is 2.79 bits per heavy atom. The standard InChI is InChI=1S/C37H45ClN2O6S/c1-25-8-6-18-37(42,17-4-5-19-45-3)32-13-10-29(32)22-40-23-36(16-7-9-27-20-30(38)12-14-31(27)36)24-46-34-15-11-28(21-33(34)40)35(41)39-47(43,44)26(25)2/h6,11-12,14-15,18,20-21,25-26,29,32,42H,5,7-10,13,16,19,22-24H2,1-3H3,(H,39,41)/b18-6+/t25-,26+,29-,32+,36-,37+/m0/s1. The summed E-state index contributed by atoms with van der Waals surface area (Å²) in [6.45, 7) is 5.65. The van der Waals surface area contributed by atoms with Crippen molar-refractivity contribution in [3.63, 3.8) is 0 Å². The first-order valence-corrected chi connectivity index (χ1v) is 18.6. The highest BCUT2D eigenvalue weighted by Gasteiger charge is 2.47. The Balaban J connectivity index is 1.44. The molecule has 1 saturated carbocycles. The number of aryl methyl sites for hydroxylation is 1. The van der Waals surface area contributed by atoms with Crippen molar-refractivity contribution >= 4 is 33.2 Å². The van der Waals surface area contributed by atoms with Crippen LogP contribution in [-0.2, 0) is 26.6 Å². The van der Waals surface area contributed by atoms with Crippen molar-refractivity contribution in [1.29, 1.82) is 0 Å². The van der Waals surface area contributed by atoms with Crippen LogP contribution in [0.15, 0.2) is 48.6 Å². The van der Waals surface area contributed by atoms with Crippen molar-refractivity contribution in [1.82, 2.24) is 4.72 Å². The molecule has 6 rings (SSSR count). The van der Waals surface area contributed by atoms with E-state index in [4.69, 9.17) is 21.1 Å². The highest BCUT2D eigenvalue weighted by atomic mass is 35.5. The van der Waals surface area contributed by atoms with Crippen molar-refractivity contribution in [2.24, 2.45) is 17.8 Å². The molecule has 2 bridgehead atoms. The number of hydrogen-bond donors (Lipinski definition) is 2. The van der Waals surface area contributed by atoms with Gasteiger partial charge in [0.05, 0.1) is 24.2 Å². The molecule has 47 heavy (non-hydrogen) atoms. The lowest BCUT2D eigenvalue weighted by Crippen LogP contribution is -2.52. The Morgan fingerprint density at radius 2 is 2.02 bits per heavy atom. The first-order chi connectivity index (χ1) is 22.4. The lowest BCUT2D eigenvalue weighted by Gasteiger charge is -2.47. The second-order valence-electron chi connectivity index (χ2n) is 13.9. The van der Waals surface area contributed by atoms with Crippen molar-refractivity contribution in [2.75, 3.05) is 38.3 Å². The fourth-order valence-electron chi connectivity index (χ4n) is 7.76. The van der Waals surface area contributed by atoms with E-state index < -0.39 is 26.8 Å². The largest absolute Gasteiger partial charge is 0.490 e. The lowest BCUT2D eigenvalue weighted by molar-refractivity contribution is -0.00327. The molecular weight excluding hydrogens is 636 g/mol. The minimum Gasteiger partial charge on any atom is -0.490 e. The molecule has 2 heterocycles. The van der Waals surface area contributed by atoms with Gasteiger partial charge in [0, 0.05) is 48.5 Å². The zero-order valence-corrected chi connectivity index (χ0v) is 29.0. The smallest absolute Gasteiger partial charge is 0.264 e. The van der Waals surface area contributed by atoms with Gasteiger partial charge in [0.2, 0.25) is 10.0 Å². The highest BCUT2D eigenvalue weighted by Crippen LogP contribution is 2.48. The molecule has 252 valence electrons. The minimum atomic E-state index is -3.99. The number of anilines is 1. The maximum absolute atomic E-state index is 13.5. The van der Waals surface area contributed by atoms with Gasteiger partial charge in [-0.15, -0.1) is 0 Å². The quantitative estimate of drug-likeness (QED) is 0.240. The van der Waals surface area contributed by atoms with Crippen molar-refractivity contribution in [3.05, 3.63) is 70.3 Å². The summed E-state index contributed by atoms with van der Waals surface area (Å²) in [6.07, 6.45) is 9.15. The van der Waals surface area contributed by atoms with E-state index in [2.05, 4.69) is 33.6 Å². The second-order valence-corrected chi connectivity index (χ2v) is 16.4. The molecule has 8 nitrogen and oxygen atoms in total. The summed E-state index contributed by atoms with van der Waals surface area (Å²) in [5.41, 5.74) is 1.78. The molecule has 2 N–H and O–H groups in total. The van der Waals surface area contributed by atoms with E-state index in [9.17, 15) is 18.3 Å². The maximum Gasteiger partial charge on any atom is 0.264 e. The van der Waals surface area contributed by atoms with Crippen LogP contribution in [0.2, 0.25) is 5.02 Å². The molecule has 2 aliphatic heterocycles. The number of nitrogens with zero attached hydrogens (tertiary/aromatic N) is 1. The first-order valence-electron chi connectivity index (χ1n) is 16.7. The topological polar surface area (TPSA) is 105 Å². The fraction of sp³-hybridized carbons (Fsp3) is 0.541. The second kappa shape index (κ2) is 13.5. The number of halogens is 1. The third-order valence-electron chi connectivity index (χ3n) is 10.9. The lowest BCUT2D eigenvalue weighted by atomic mass is 9.64. The molecule has 2 aromatic carbocycles. The Hall–Kier alpha value is -3.03. The molecular formula is C37H45ClN2O6S. The summed E-state index contributed by atoms with van der Waals surface area (Å²) < 4.78 is 40.8. The Kier molecular flexibility index (Phi) is 9.70. The number of aliphatic hydroxyl groups is 1. The van der Waals surface area contributed by atoms with E-state index >= 15 is 0 Å². The number of amides is 1. The molecule has 0 radical (unpaired) electrons. The number of carbonyl (C=O) groups excluding carboxylic acids is 1. The first kappa shape index (κ1) is 33.9. The number of ether oxygens (including phenoxy) is 2. The summed E-state index contributed by atoms with van der Waals surface area (Å²) in [6, 6.07) is 11.3. The Bertz CT molecular complexity index is 1720. The number of nitrogens with one attached hydrogen (secondary N) is 1. The Labute approximate surface area is 283 Å². The van der Waals surface area contributed by atoms with Crippen LogP contribution in [0, 0.1) is 29.6 Å². The van der Waals surface area contributed by atoms with Gasteiger partial charge in [0.25, 0.3) is 5.91 Å². The Morgan fingerprint density at radius 1 is 1.19 bits per heavy atom. The van der Waals surface area contributed by atoms with Crippen molar-refractivity contribution in [2.45, 2.75) is 75.1 Å². The van der Waals surface area contributed by atoms with Gasteiger partial charge >= 0.3 is 0 Å². The third kappa shape index (κ3) is 6.80. The molecule has 2 aromatic rings. The molecule has 2 aliphatic carbocycles. The van der Waals surface area contributed by atoms with E-state index in [1.165, 1.54) is 11.1 Å². The maximum atomic E-state index is 13.5. The van der Waals surface area contributed by atoms with E-state index in [1.807, 2.05) is 19.1 Å². The minimum absolute atomic E-state index is 0.120. The van der Waals surface area contributed by atoms with Crippen molar-refractivity contribution in [3.8, 4) is 17.6 Å². The number of carbonyl (C=O) groups is 1. The van der Waals surface area contributed by atoms with Crippen LogP contribution in [0.25, 0.3) is 0 Å². The number of hydrogen-bond acceptors (Lipinski definition) is 7. The predicted molar refractivity (Wildman–Crippen MR) is 184 cm³/mol. The zero-order chi connectivity index (χ0) is 33.4. The van der Waals surface area contributed by atoms with E-state index in [1.54, 1.807) is 38.3 Å². The normalized spacial score (nSPS) is 32.3. The number of methoxy groups -OCH3 is 1. The number of rotatable bonds is 2. The average Bonchev–Trinajstić information content (AvgIpc) is 3.17. The predicted octanol–water partition coefficient (Wildman–Crippen LogP) is 5.65. The molecule has 1 amide bonds. The van der Waals surface area contributed by atoms with Gasteiger partial charge in [-0.1, -0.05) is 42.5 Å². The molecule has 1 fully saturated rings. The van der Waals surface area contributed by atoms with Crippen LogP contribution in [0.3, 0.4) is 0 Å². The SMILES string of the molecule is COCCC#C[C@@]1(O)/C=C/C[C@H](C)[C@@H](C)S(=O)(=O)NC(=O)c2ccc3c(c2)N(C[C@@H]2CC[C@H]21)C[C@@]1(CCCc2cc(Cl)ccc21)CO3. The zero-order valence-electron chi connectivity index (χ0n) is 27.4. The molecule has 1 spiro atoms. The number of allylic oxidation sites excluding steroid dienone is 1. The van der Waals surface area contributed by atoms with Gasteiger partial charge in [-0.05, 0) is 105 Å². The molecule has 6 atom stereocenters. The molecule has 0 aromatic heterocycles. The van der Waals surface area contributed by atoms with Gasteiger partial charge in [-0.2, -0.15) is 0 Å². The van der Waals surface area contributed by atoms with Gasteiger partial charge in [-0.3, -0.25) is 4.79 Å². The molecule has 0 unspecified atom stereocenters. The fourth-order valence-corrected chi connectivity index (χ4v) is 9.24. The summed E-state index contributed by atoms with van der Waals surface area (Å²) in [5.74, 6) is 5.99. The van der Waals surface area contributed by atoms with Crippen LogP contribution in [0.5, 0.6) is 5.75 Å². The van der Waals surface area contributed by atoms with E-state index in [-0.39, 0.29) is 28.7 Å². The van der Waals surface area contributed by atoms with E-state index in [0.29, 0.717) is 49.9 Å². The average molecular weight is 681 g/mol. The summed E-state index contributed by atoms with van der Waals surface area (Å²) >= 11 is 6.43. The van der Waals surface area contributed by atoms with Crippen molar-refractivity contribution < 1.29 is 27.8 Å². The summed E-state index contributed by atoms with van der Waals surface area (Å²) in [7, 11) is -2.36. The molecule has 0 saturated heterocycles. The van der Waals surface area contributed by atoms with Gasteiger partial charge in [0.1, 0.15) is 11.4 Å². The third-order valence-corrected chi connectivity index (χ3v) is 13.0. The van der Waals surface area contributed by atoms with Gasteiger partial charge < -0.3 is 19.5 Å². The monoisotopic (exact) mass is 680 g/mol. The van der Waals surface area contributed by atoms with Crippen LogP contribution in [0.1, 0.15) is 73.9 Å². The summed E-state index contributed by atoms with van der Waals surface area (Å²) in [4.78, 5) is 15.8. The highest BCUT2D eigenvalue weighted by molar-refractivity contribution is 7.90. The molecule has 4 aliphatic rings. The number of sulfonamides is 1.